The van der Waals surface area contributed by atoms with Gasteiger partial charge in [-0.2, -0.15) is 0 Å². The van der Waals surface area contributed by atoms with E-state index >= 15 is 0 Å². The number of carbonyl (C=O) groups is 2. The monoisotopic (exact) mass is 351 g/mol. The zero-order valence-electron chi connectivity index (χ0n) is 13.8. The van der Waals surface area contributed by atoms with Crippen molar-refractivity contribution in [3.8, 4) is 0 Å². The average Bonchev–Trinajstić information content (AvgIpc) is 2.99. The molecule has 10 nitrogen and oxygen atoms in total. The Morgan fingerprint density at radius 3 is 2.12 bits per heavy atom. The first kappa shape index (κ1) is 20.4. The average molecular weight is 351 g/mol. The van der Waals surface area contributed by atoms with Gasteiger partial charge in [-0.1, -0.05) is 0 Å². The van der Waals surface area contributed by atoms with Crippen molar-refractivity contribution in [3.05, 3.63) is 0 Å². The fourth-order valence-electron chi connectivity index (χ4n) is 1.60. The predicted octanol–water partition coefficient (Wildman–Crippen LogP) is -0.0558. The SMILES string of the molecule is COCCOCCOCCOCCOC(=O)OC[C@@H]1CNC(=O)O1. The lowest BCUT2D eigenvalue weighted by Gasteiger charge is -2.09. The van der Waals surface area contributed by atoms with Crippen LogP contribution in [0.15, 0.2) is 0 Å². The van der Waals surface area contributed by atoms with Crippen LogP contribution in [-0.4, -0.2) is 91.5 Å². The van der Waals surface area contributed by atoms with Crippen LogP contribution in [0.2, 0.25) is 0 Å². The molecular weight excluding hydrogens is 326 g/mol. The molecule has 0 bridgehead atoms. The highest BCUT2D eigenvalue weighted by Crippen LogP contribution is 2.01. The van der Waals surface area contributed by atoms with Gasteiger partial charge >= 0.3 is 12.2 Å². The number of carbonyl (C=O) groups excluding carboxylic acids is 2. The summed E-state index contributed by atoms with van der Waals surface area (Å²) in [6, 6.07) is 0. The molecule has 0 unspecified atom stereocenters. The summed E-state index contributed by atoms with van der Waals surface area (Å²) in [7, 11) is 1.62. The maximum atomic E-state index is 11.3. The van der Waals surface area contributed by atoms with Gasteiger partial charge < -0.3 is 38.5 Å². The van der Waals surface area contributed by atoms with Gasteiger partial charge in [0.25, 0.3) is 0 Å². The van der Waals surface area contributed by atoms with E-state index in [1.165, 1.54) is 0 Å². The summed E-state index contributed by atoms with van der Waals surface area (Å²) in [4.78, 5) is 22.0. The van der Waals surface area contributed by atoms with Gasteiger partial charge in [-0.25, -0.2) is 9.59 Å². The van der Waals surface area contributed by atoms with Crippen molar-refractivity contribution in [1.82, 2.24) is 5.32 Å². The largest absolute Gasteiger partial charge is 0.508 e. The summed E-state index contributed by atoms with van der Waals surface area (Å²) in [5.74, 6) is 0. The molecule has 1 heterocycles. The molecule has 0 aromatic heterocycles. The second-order valence-corrected chi connectivity index (χ2v) is 4.65. The van der Waals surface area contributed by atoms with E-state index in [1.807, 2.05) is 0 Å². The molecule has 1 saturated heterocycles. The molecule has 24 heavy (non-hydrogen) atoms. The van der Waals surface area contributed by atoms with Gasteiger partial charge in [0.05, 0.1) is 52.8 Å². The number of ether oxygens (including phenoxy) is 7. The third kappa shape index (κ3) is 11.0. The Bertz CT molecular complexity index is 353. The zero-order chi connectivity index (χ0) is 17.5. The van der Waals surface area contributed by atoms with Crippen LogP contribution >= 0.6 is 0 Å². The van der Waals surface area contributed by atoms with Crippen molar-refractivity contribution in [1.29, 1.82) is 0 Å². The van der Waals surface area contributed by atoms with Crippen LogP contribution in [0.5, 0.6) is 0 Å². The molecule has 0 aromatic carbocycles. The topological polar surface area (TPSA) is 111 Å². The first-order valence-electron chi connectivity index (χ1n) is 7.68. The van der Waals surface area contributed by atoms with E-state index in [0.29, 0.717) is 46.2 Å². The second-order valence-electron chi connectivity index (χ2n) is 4.65. The number of rotatable bonds is 14. The highest BCUT2D eigenvalue weighted by atomic mass is 16.7. The van der Waals surface area contributed by atoms with E-state index in [9.17, 15) is 9.59 Å². The molecule has 0 aromatic rings. The van der Waals surface area contributed by atoms with Crippen molar-refractivity contribution in [2.75, 3.05) is 73.1 Å². The molecule has 1 rings (SSSR count). The Balaban J connectivity index is 1.78. The van der Waals surface area contributed by atoms with E-state index in [4.69, 9.17) is 33.2 Å². The van der Waals surface area contributed by atoms with Gasteiger partial charge in [0.1, 0.15) is 13.2 Å². The first-order chi connectivity index (χ1) is 11.7. The number of methoxy groups -OCH3 is 1. The Labute approximate surface area is 140 Å². The Morgan fingerprint density at radius 1 is 1.00 bits per heavy atom. The van der Waals surface area contributed by atoms with Crippen LogP contribution in [0.3, 0.4) is 0 Å². The molecular formula is C14H25NO9. The van der Waals surface area contributed by atoms with Crippen LogP contribution in [0.1, 0.15) is 0 Å². The minimum atomic E-state index is -0.828. The van der Waals surface area contributed by atoms with Gasteiger partial charge in [-0.15, -0.1) is 0 Å². The smallest absolute Gasteiger partial charge is 0.441 e. The van der Waals surface area contributed by atoms with E-state index in [0.717, 1.165) is 0 Å². The molecule has 1 amide bonds. The lowest BCUT2D eigenvalue weighted by molar-refractivity contribution is -0.0124. The number of cyclic esters (lactones) is 1. The Hall–Kier alpha value is -1.62. The van der Waals surface area contributed by atoms with Crippen molar-refractivity contribution >= 4 is 12.2 Å². The van der Waals surface area contributed by atoms with Crippen LogP contribution in [0, 0.1) is 0 Å². The van der Waals surface area contributed by atoms with Crippen LogP contribution in [-0.2, 0) is 33.2 Å². The van der Waals surface area contributed by atoms with Crippen LogP contribution in [0.4, 0.5) is 9.59 Å². The highest BCUT2D eigenvalue weighted by molar-refractivity contribution is 5.69. The van der Waals surface area contributed by atoms with Gasteiger partial charge in [0.2, 0.25) is 0 Å². The van der Waals surface area contributed by atoms with Crippen molar-refractivity contribution < 1.29 is 42.7 Å². The molecule has 10 heteroatoms. The normalized spacial score (nSPS) is 16.5. The fourth-order valence-corrected chi connectivity index (χ4v) is 1.60. The molecule has 0 aliphatic carbocycles. The number of nitrogens with one attached hydrogen (secondary N) is 1. The summed E-state index contributed by atoms with van der Waals surface area (Å²) < 4.78 is 34.9. The summed E-state index contributed by atoms with van der Waals surface area (Å²) in [6.07, 6.45) is -1.82. The third-order valence-electron chi connectivity index (χ3n) is 2.76. The lowest BCUT2D eigenvalue weighted by atomic mass is 10.4. The van der Waals surface area contributed by atoms with E-state index < -0.39 is 18.4 Å². The Morgan fingerprint density at radius 2 is 1.58 bits per heavy atom. The predicted molar refractivity (Wildman–Crippen MR) is 79.9 cm³/mol. The van der Waals surface area contributed by atoms with E-state index in [1.54, 1.807) is 7.11 Å². The standard InChI is InChI=1S/C14H25NO9/c1-18-2-3-19-4-5-20-6-7-21-8-9-22-14(17)23-11-12-10-15-13(16)24-12/h12H,2-11H2,1H3,(H,15,16)/t12-/m0/s1. The Kier molecular flexibility index (Phi) is 11.7. The summed E-state index contributed by atoms with van der Waals surface area (Å²) in [5.41, 5.74) is 0. The molecule has 1 N–H and O–H groups in total. The summed E-state index contributed by atoms with van der Waals surface area (Å²) >= 11 is 0. The molecule has 140 valence electrons. The number of amides is 1. The van der Waals surface area contributed by atoms with E-state index in [-0.39, 0.29) is 19.8 Å². The minimum Gasteiger partial charge on any atom is -0.441 e. The van der Waals surface area contributed by atoms with Crippen molar-refractivity contribution in [2.45, 2.75) is 6.10 Å². The van der Waals surface area contributed by atoms with Gasteiger partial charge in [-0.05, 0) is 0 Å². The van der Waals surface area contributed by atoms with Crippen molar-refractivity contribution in [3.63, 3.8) is 0 Å². The quantitative estimate of drug-likeness (QED) is 0.340. The van der Waals surface area contributed by atoms with Crippen LogP contribution < -0.4 is 5.32 Å². The summed E-state index contributed by atoms with van der Waals surface area (Å²) in [5, 5.41) is 2.45. The van der Waals surface area contributed by atoms with Gasteiger partial charge in [-0.3, -0.25) is 0 Å². The number of hydrogen-bond donors (Lipinski definition) is 1. The van der Waals surface area contributed by atoms with Crippen LogP contribution in [0.25, 0.3) is 0 Å². The molecule has 0 spiro atoms. The second kappa shape index (κ2) is 13.8. The molecule has 1 aliphatic heterocycles. The number of hydrogen-bond acceptors (Lipinski definition) is 9. The molecule has 1 fully saturated rings. The molecule has 0 radical (unpaired) electrons. The fraction of sp³-hybridized carbons (Fsp3) is 0.857. The molecule has 0 saturated carbocycles. The van der Waals surface area contributed by atoms with E-state index in [2.05, 4.69) is 5.32 Å². The van der Waals surface area contributed by atoms with Gasteiger partial charge in [0.15, 0.2) is 6.10 Å². The molecule has 1 atom stereocenters. The van der Waals surface area contributed by atoms with Crippen molar-refractivity contribution in [2.24, 2.45) is 0 Å². The summed E-state index contributed by atoms with van der Waals surface area (Å²) in [6.45, 7) is 3.49. The third-order valence-corrected chi connectivity index (χ3v) is 2.76. The zero-order valence-corrected chi connectivity index (χ0v) is 13.8. The number of alkyl carbamates (subject to hydrolysis) is 1. The maximum Gasteiger partial charge on any atom is 0.508 e. The maximum absolute atomic E-state index is 11.3. The van der Waals surface area contributed by atoms with Gasteiger partial charge in [0, 0.05) is 7.11 Å². The lowest BCUT2D eigenvalue weighted by Crippen LogP contribution is -2.23. The highest BCUT2D eigenvalue weighted by Gasteiger charge is 2.23. The molecule has 1 aliphatic rings. The minimum absolute atomic E-state index is 0.0429. The first-order valence-corrected chi connectivity index (χ1v) is 7.68.